The van der Waals surface area contributed by atoms with Crippen LogP contribution in [-0.2, 0) is 6.54 Å². The molecule has 8 nitrogen and oxygen atoms in total. The number of methoxy groups -OCH3 is 1. The smallest absolute Gasteiger partial charge is 0.497 e. The van der Waals surface area contributed by atoms with Crippen molar-refractivity contribution in [2.75, 3.05) is 18.2 Å². The zero-order chi connectivity index (χ0) is 21.0. The summed E-state index contributed by atoms with van der Waals surface area (Å²) in [5.74, 6) is -0.296. The van der Waals surface area contributed by atoms with Crippen LogP contribution in [0, 0.1) is 0 Å². The molecular formula is C18H16F3N5O3. The van der Waals surface area contributed by atoms with E-state index >= 15 is 0 Å². The first-order valence-electron chi connectivity index (χ1n) is 8.24. The minimum Gasteiger partial charge on any atom is -0.497 e. The SMILES string of the molecule is COc1ccc(Cn2nnc(C(=O)Nc3ccc(OC(F)(F)F)cc3)c2N)cc1. The standard InChI is InChI=1S/C18H16F3N5O3/c1-28-13-6-2-11(3-7-13)10-26-16(22)15(24-25-26)17(27)23-12-4-8-14(9-5-12)29-18(19,20)21/h2-9H,10,22H2,1H3,(H,23,27). The van der Waals surface area contributed by atoms with Crippen molar-refractivity contribution in [3.8, 4) is 11.5 Å². The number of carbonyl (C=O) groups is 1. The molecule has 0 aliphatic rings. The van der Waals surface area contributed by atoms with Crippen LogP contribution in [0.5, 0.6) is 11.5 Å². The van der Waals surface area contributed by atoms with Crippen LogP contribution in [0.1, 0.15) is 16.1 Å². The number of nitrogens with two attached hydrogens (primary N) is 1. The van der Waals surface area contributed by atoms with E-state index < -0.39 is 18.0 Å². The number of nitrogen functional groups attached to an aromatic ring is 1. The number of amides is 1. The molecule has 0 unspecified atom stereocenters. The molecule has 0 saturated carbocycles. The van der Waals surface area contributed by atoms with E-state index in [0.717, 1.165) is 17.7 Å². The van der Waals surface area contributed by atoms with E-state index in [1.165, 1.54) is 16.8 Å². The third kappa shape index (κ3) is 5.15. The van der Waals surface area contributed by atoms with E-state index in [1.807, 2.05) is 12.1 Å². The fourth-order valence-corrected chi connectivity index (χ4v) is 2.43. The lowest BCUT2D eigenvalue weighted by Crippen LogP contribution is -2.17. The van der Waals surface area contributed by atoms with Gasteiger partial charge in [0.15, 0.2) is 11.5 Å². The topological polar surface area (TPSA) is 104 Å². The van der Waals surface area contributed by atoms with E-state index in [-0.39, 0.29) is 17.2 Å². The van der Waals surface area contributed by atoms with Gasteiger partial charge in [-0.25, -0.2) is 4.68 Å². The second-order valence-electron chi connectivity index (χ2n) is 5.86. The normalized spacial score (nSPS) is 11.2. The van der Waals surface area contributed by atoms with Crippen molar-refractivity contribution in [1.82, 2.24) is 15.0 Å². The molecule has 0 spiro atoms. The van der Waals surface area contributed by atoms with Gasteiger partial charge in [-0.2, -0.15) is 0 Å². The zero-order valence-electron chi connectivity index (χ0n) is 15.1. The number of nitrogens with zero attached hydrogens (tertiary/aromatic N) is 3. The first kappa shape index (κ1) is 20.0. The van der Waals surface area contributed by atoms with Crippen molar-refractivity contribution in [3.05, 3.63) is 59.8 Å². The molecule has 1 aromatic heterocycles. The van der Waals surface area contributed by atoms with Gasteiger partial charge in [-0.15, -0.1) is 18.3 Å². The van der Waals surface area contributed by atoms with Crippen LogP contribution in [0.2, 0.25) is 0 Å². The Labute approximate surface area is 163 Å². The van der Waals surface area contributed by atoms with Gasteiger partial charge in [0, 0.05) is 5.69 Å². The molecule has 0 saturated heterocycles. The number of anilines is 2. The minimum atomic E-state index is -4.79. The first-order chi connectivity index (χ1) is 13.7. The van der Waals surface area contributed by atoms with Crippen molar-refractivity contribution in [3.63, 3.8) is 0 Å². The van der Waals surface area contributed by atoms with Crippen LogP contribution >= 0.6 is 0 Å². The number of halogens is 3. The Bertz CT molecular complexity index is 985. The molecule has 152 valence electrons. The number of aromatic nitrogens is 3. The highest BCUT2D eigenvalue weighted by atomic mass is 19.4. The summed E-state index contributed by atoms with van der Waals surface area (Å²) >= 11 is 0. The second-order valence-corrected chi connectivity index (χ2v) is 5.86. The molecule has 0 atom stereocenters. The molecule has 0 aliphatic carbocycles. The Morgan fingerprint density at radius 3 is 2.31 bits per heavy atom. The highest BCUT2D eigenvalue weighted by Crippen LogP contribution is 2.24. The maximum absolute atomic E-state index is 12.4. The Kier molecular flexibility index (Phi) is 5.57. The van der Waals surface area contributed by atoms with E-state index in [1.54, 1.807) is 19.2 Å². The molecule has 1 amide bonds. The minimum absolute atomic E-state index is 0.0512. The van der Waals surface area contributed by atoms with Crippen LogP contribution in [0.25, 0.3) is 0 Å². The molecule has 3 N–H and O–H groups in total. The van der Waals surface area contributed by atoms with E-state index in [2.05, 4.69) is 20.4 Å². The van der Waals surface area contributed by atoms with Gasteiger partial charge in [-0.3, -0.25) is 4.79 Å². The third-order valence-corrected chi connectivity index (χ3v) is 3.83. The predicted octanol–water partition coefficient (Wildman–Crippen LogP) is 3.07. The summed E-state index contributed by atoms with van der Waals surface area (Å²) in [7, 11) is 1.56. The summed E-state index contributed by atoms with van der Waals surface area (Å²) < 4.78 is 46.8. The van der Waals surface area contributed by atoms with Crippen LogP contribution in [0.3, 0.4) is 0 Å². The van der Waals surface area contributed by atoms with Gasteiger partial charge in [0.1, 0.15) is 11.5 Å². The molecule has 0 fully saturated rings. The van der Waals surface area contributed by atoms with Gasteiger partial charge in [0.05, 0.1) is 13.7 Å². The Balaban J connectivity index is 1.67. The molecule has 3 rings (SSSR count). The molecule has 11 heteroatoms. The van der Waals surface area contributed by atoms with Crippen LogP contribution < -0.4 is 20.5 Å². The van der Waals surface area contributed by atoms with Gasteiger partial charge in [-0.05, 0) is 42.0 Å². The summed E-state index contributed by atoms with van der Waals surface area (Å²) in [6.07, 6.45) is -4.79. The summed E-state index contributed by atoms with van der Waals surface area (Å²) in [4.78, 5) is 12.4. The van der Waals surface area contributed by atoms with Gasteiger partial charge in [0.2, 0.25) is 0 Å². The van der Waals surface area contributed by atoms with E-state index in [9.17, 15) is 18.0 Å². The Morgan fingerprint density at radius 1 is 1.10 bits per heavy atom. The summed E-state index contributed by atoms with van der Waals surface area (Å²) in [5, 5.41) is 10.2. The number of carbonyl (C=O) groups excluding carboxylic acids is 1. The molecule has 2 aromatic carbocycles. The van der Waals surface area contributed by atoms with Crippen molar-refractivity contribution < 1.29 is 27.4 Å². The molecule has 29 heavy (non-hydrogen) atoms. The number of benzene rings is 2. The van der Waals surface area contributed by atoms with E-state index in [0.29, 0.717) is 12.3 Å². The van der Waals surface area contributed by atoms with Gasteiger partial charge < -0.3 is 20.5 Å². The Morgan fingerprint density at radius 2 is 1.72 bits per heavy atom. The number of rotatable bonds is 6. The van der Waals surface area contributed by atoms with Gasteiger partial charge >= 0.3 is 6.36 Å². The molecular weight excluding hydrogens is 391 g/mol. The first-order valence-corrected chi connectivity index (χ1v) is 8.24. The lowest BCUT2D eigenvalue weighted by Gasteiger charge is -2.09. The number of alkyl halides is 3. The maximum Gasteiger partial charge on any atom is 0.573 e. The molecule has 0 aliphatic heterocycles. The van der Waals surface area contributed by atoms with Crippen LogP contribution in [0.4, 0.5) is 24.7 Å². The summed E-state index contributed by atoms with van der Waals surface area (Å²) in [6, 6.07) is 11.9. The van der Waals surface area contributed by atoms with E-state index in [4.69, 9.17) is 10.5 Å². The van der Waals surface area contributed by atoms with Crippen molar-refractivity contribution in [2.45, 2.75) is 12.9 Å². The molecule has 0 bridgehead atoms. The fourth-order valence-electron chi connectivity index (χ4n) is 2.43. The highest BCUT2D eigenvalue weighted by molar-refractivity contribution is 6.05. The molecule has 0 radical (unpaired) electrons. The summed E-state index contributed by atoms with van der Waals surface area (Å²) in [6.45, 7) is 0.291. The molecule has 1 heterocycles. The monoisotopic (exact) mass is 407 g/mol. The second kappa shape index (κ2) is 8.09. The zero-order valence-corrected chi connectivity index (χ0v) is 15.1. The van der Waals surface area contributed by atoms with Crippen molar-refractivity contribution in [2.24, 2.45) is 0 Å². The number of nitrogens with one attached hydrogen (secondary N) is 1. The third-order valence-electron chi connectivity index (χ3n) is 3.83. The van der Waals surface area contributed by atoms with Gasteiger partial charge in [0.25, 0.3) is 5.91 Å². The maximum atomic E-state index is 12.4. The van der Waals surface area contributed by atoms with Crippen LogP contribution in [-0.4, -0.2) is 34.4 Å². The lowest BCUT2D eigenvalue weighted by atomic mass is 10.2. The highest BCUT2D eigenvalue weighted by Gasteiger charge is 2.31. The van der Waals surface area contributed by atoms with Crippen LogP contribution in [0.15, 0.2) is 48.5 Å². The van der Waals surface area contributed by atoms with Crippen molar-refractivity contribution >= 4 is 17.4 Å². The van der Waals surface area contributed by atoms with Crippen molar-refractivity contribution in [1.29, 1.82) is 0 Å². The fraction of sp³-hybridized carbons (Fsp3) is 0.167. The summed E-state index contributed by atoms with van der Waals surface area (Å²) in [5.41, 5.74) is 6.97. The quantitative estimate of drug-likeness (QED) is 0.651. The number of hydrogen-bond donors (Lipinski definition) is 2. The average molecular weight is 407 g/mol. The number of hydrogen-bond acceptors (Lipinski definition) is 6. The lowest BCUT2D eigenvalue weighted by molar-refractivity contribution is -0.274. The Hall–Kier alpha value is -3.76. The van der Waals surface area contributed by atoms with Gasteiger partial charge in [-0.1, -0.05) is 17.3 Å². The average Bonchev–Trinajstić information content (AvgIpc) is 3.03. The molecule has 3 aromatic rings. The largest absolute Gasteiger partial charge is 0.573 e. The predicted molar refractivity (Wildman–Crippen MR) is 97.6 cm³/mol. The number of ether oxygens (including phenoxy) is 2.